The van der Waals surface area contributed by atoms with Gasteiger partial charge in [-0.15, -0.1) is 0 Å². The molecule has 0 saturated carbocycles. The molecular formula is C20H22ClN5O2. The molecule has 146 valence electrons. The molecule has 2 aromatic heterocycles. The topological polar surface area (TPSA) is 86.9 Å². The molecule has 1 saturated heterocycles. The molecule has 1 aromatic carbocycles. The molecule has 4 rings (SSSR count). The molecule has 1 fully saturated rings. The van der Waals surface area contributed by atoms with E-state index in [-0.39, 0.29) is 11.8 Å². The van der Waals surface area contributed by atoms with Crippen LogP contribution >= 0.6 is 11.6 Å². The lowest BCUT2D eigenvalue weighted by atomic mass is 10.0. The summed E-state index contributed by atoms with van der Waals surface area (Å²) in [5, 5.41) is 15.0. The van der Waals surface area contributed by atoms with Crippen molar-refractivity contribution in [1.29, 1.82) is 0 Å². The fourth-order valence-corrected chi connectivity index (χ4v) is 3.66. The maximum atomic E-state index is 12.6. The molecule has 0 spiro atoms. The van der Waals surface area contributed by atoms with Crippen LogP contribution in [0.4, 0.5) is 0 Å². The third-order valence-corrected chi connectivity index (χ3v) is 5.28. The standard InChI is InChI=1S/C20H22ClN5O2/c1-13-18(11-22-23-13)20(27)26-7-5-14(12-26)19-10-16(24-25-19)6-8-28-17-4-2-3-15(21)9-17/h2-4,9-11,14H,5-8,12H2,1H3,(H,22,23)(H,24,25)/t14-/m1/s1. The van der Waals surface area contributed by atoms with Gasteiger partial charge in [-0.1, -0.05) is 17.7 Å². The molecule has 0 aliphatic carbocycles. The highest BCUT2D eigenvalue weighted by molar-refractivity contribution is 6.30. The summed E-state index contributed by atoms with van der Waals surface area (Å²) in [6.45, 7) is 3.80. The van der Waals surface area contributed by atoms with E-state index in [1.54, 1.807) is 12.3 Å². The predicted octanol–water partition coefficient (Wildman–Crippen LogP) is 3.35. The van der Waals surface area contributed by atoms with Gasteiger partial charge in [0.25, 0.3) is 5.91 Å². The molecule has 0 bridgehead atoms. The van der Waals surface area contributed by atoms with Gasteiger partial charge in [-0.2, -0.15) is 10.2 Å². The van der Waals surface area contributed by atoms with Gasteiger partial charge in [0, 0.05) is 41.8 Å². The molecule has 0 radical (unpaired) electrons. The zero-order chi connectivity index (χ0) is 19.5. The lowest BCUT2D eigenvalue weighted by molar-refractivity contribution is 0.0790. The van der Waals surface area contributed by atoms with Gasteiger partial charge in [0.2, 0.25) is 0 Å². The van der Waals surface area contributed by atoms with E-state index in [0.717, 1.165) is 42.2 Å². The van der Waals surface area contributed by atoms with Crippen LogP contribution in [0.2, 0.25) is 5.02 Å². The number of carbonyl (C=O) groups excluding carboxylic acids is 1. The maximum Gasteiger partial charge on any atom is 0.257 e. The third-order valence-electron chi connectivity index (χ3n) is 5.04. The summed E-state index contributed by atoms with van der Waals surface area (Å²) < 4.78 is 5.73. The summed E-state index contributed by atoms with van der Waals surface area (Å²) in [5.74, 6) is 1.03. The molecule has 2 N–H and O–H groups in total. The minimum Gasteiger partial charge on any atom is -0.493 e. The molecular weight excluding hydrogens is 378 g/mol. The van der Waals surface area contributed by atoms with Crippen molar-refractivity contribution in [3.63, 3.8) is 0 Å². The van der Waals surface area contributed by atoms with E-state index < -0.39 is 0 Å². The van der Waals surface area contributed by atoms with Gasteiger partial charge in [-0.3, -0.25) is 15.0 Å². The molecule has 28 heavy (non-hydrogen) atoms. The molecule has 8 heteroatoms. The number of ether oxygens (including phenoxy) is 1. The SMILES string of the molecule is Cc1[nH]ncc1C(=O)N1CC[C@@H](c2cc(CCOc3cccc(Cl)c3)[nH]n2)C1. The molecule has 1 amide bonds. The number of nitrogens with zero attached hydrogens (tertiary/aromatic N) is 3. The first-order chi connectivity index (χ1) is 13.6. The van der Waals surface area contributed by atoms with E-state index in [2.05, 4.69) is 26.5 Å². The summed E-state index contributed by atoms with van der Waals surface area (Å²) in [7, 11) is 0. The number of benzene rings is 1. The molecule has 1 aliphatic rings. The largest absolute Gasteiger partial charge is 0.493 e. The van der Waals surface area contributed by atoms with Crippen molar-refractivity contribution in [1.82, 2.24) is 25.3 Å². The van der Waals surface area contributed by atoms with Gasteiger partial charge in [0.05, 0.1) is 24.1 Å². The van der Waals surface area contributed by atoms with Gasteiger partial charge >= 0.3 is 0 Å². The van der Waals surface area contributed by atoms with Crippen molar-refractivity contribution < 1.29 is 9.53 Å². The second-order valence-electron chi connectivity index (χ2n) is 7.02. The van der Waals surface area contributed by atoms with Crippen LogP contribution in [0.1, 0.15) is 39.8 Å². The zero-order valence-corrected chi connectivity index (χ0v) is 16.4. The Balaban J connectivity index is 1.31. The van der Waals surface area contributed by atoms with Gasteiger partial charge in [0.1, 0.15) is 5.75 Å². The van der Waals surface area contributed by atoms with Crippen molar-refractivity contribution in [2.24, 2.45) is 0 Å². The second kappa shape index (κ2) is 8.06. The molecule has 1 atom stereocenters. The van der Waals surface area contributed by atoms with Crippen LogP contribution in [0.3, 0.4) is 0 Å². The number of rotatable bonds is 6. The zero-order valence-electron chi connectivity index (χ0n) is 15.6. The average Bonchev–Trinajstić information content (AvgIpc) is 3.41. The van der Waals surface area contributed by atoms with Crippen molar-refractivity contribution in [3.05, 3.63) is 64.2 Å². The summed E-state index contributed by atoms with van der Waals surface area (Å²) in [5.41, 5.74) is 3.46. The Labute approximate surface area is 168 Å². The first-order valence-electron chi connectivity index (χ1n) is 9.32. The Kier molecular flexibility index (Phi) is 5.34. The number of halogens is 1. The van der Waals surface area contributed by atoms with Crippen LogP contribution in [0.25, 0.3) is 0 Å². The van der Waals surface area contributed by atoms with E-state index >= 15 is 0 Å². The highest BCUT2D eigenvalue weighted by Crippen LogP contribution is 2.27. The molecule has 0 unspecified atom stereocenters. The van der Waals surface area contributed by atoms with E-state index in [0.29, 0.717) is 23.7 Å². The van der Waals surface area contributed by atoms with Crippen LogP contribution in [0.5, 0.6) is 5.75 Å². The van der Waals surface area contributed by atoms with Crippen molar-refractivity contribution in [2.45, 2.75) is 25.7 Å². The predicted molar refractivity (Wildman–Crippen MR) is 106 cm³/mol. The quantitative estimate of drug-likeness (QED) is 0.665. The summed E-state index contributed by atoms with van der Waals surface area (Å²) in [6, 6.07) is 9.44. The number of aromatic nitrogens is 4. The maximum absolute atomic E-state index is 12.6. The number of amides is 1. The highest BCUT2D eigenvalue weighted by Gasteiger charge is 2.30. The Morgan fingerprint density at radius 3 is 3.04 bits per heavy atom. The lowest BCUT2D eigenvalue weighted by Gasteiger charge is -2.15. The number of aromatic amines is 2. The number of H-pyrrole nitrogens is 2. The van der Waals surface area contributed by atoms with E-state index in [1.165, 1.54) is 0 Å². The lowest BCUT2D eigenvalue weighted by Crippen LogP contribution is -2.28. The smallest absolute Gasteiger partial charge is 0.257 e. The summed E-state index contributed by atoms with van der Waals surface area (Å²) >= 11 is 5.96. The van der Waals surface area contributed by atoms with Crippen molar-refractivity contribution in [3.8, 4) is 5.75 Å². The first kappa shape index (κ1) is 18.6. The minimum absolute atomic E-state index is 0.0273. The fraction of sp³-hybridized carbons (Fsp3) is 0.350. The van der Waals surface area contributed by atoms with Crippen LogP contribution in [0, 0.1) is 6.92 Å². The third kappa shape index (κ3) is 4.04. The summed E-state index contributed by atoms with van der Waals surface area (Å²) in [6.07, 6.45) is 3.23. The molecule has 7 nitrogen and oxygen atoms in total. The number of likely N-dealkylation sites (tertiary alicyclic amines) is 1. The van der Waals surface area contributed by atoms with E-state index in [1.807, 2.05) is 30.0 Å². The Hall–Kier alpha value is -2.80. The van der Waals surface area contributed by atoms with Crippen LogP contribution in [-0.4, -0.2) is 50.9 Å². The monoisotopic (exact) mass is 399 g/mol. The van der Waals surface area contributed by atoms with Gasteiger partial charge < -0.3 is 9.64 Å². The normalized spacial score (nSPS) is 16.5. The van der Waals surface area contributed by atoms with E-state index in [4.69, 9.17) is 16.3 Å². The van der Waals surface area contributed by atoms with Crippen LogP contribution in [-0.2, 0) is 6.42 Å². The van der Waals surface area contributed by atoms with Crippen molar-refractivity contribution in [2.75, 3.05) is 19.7 Å². The Bertz CT molecular complexity index is 967. The number of hydrogen-bond acceptors (Lipinski definition) is 4. The molecule has 3 aromatic rings. The van der Waals surface area contributed by atoms with Crippen LogP contribution in [0.15, 0.2) is 36.5 Å². The van der Waals surface area contributed by atoms with E-state index in [9.17, 15) is 4.79 Å². The number of carbonyl (C=O) groups is 1. The molecule has 1 aliphatic heterocycles. The van der Waals surface area contributed by atoms with Gasteiger partial charge in [0.15, 0.2) is 0 Å². The Morgan fingerprint density at radius 1 is 1.36 bits per heavy atom. The van der Waals surface area contributed by atoms with Crippen LogP contribution < -0.4 is 4.74 Å². The average molecular weight is 400 g/mol. The van der Waals surface area contributed by atoms with Crippen molar-refractivity contribution >= 4 is 17.5 Å². The highest BCUT2D eigenvalue weighted by atomic mass is 35.5. The number of hydrogen-bond donors (Lipinski definition) is 2. The van der Waals surface area contributed by atoms with Gasteiger partial charge in [-0.25, -0.2) is 0 Å². The Morgan fingerprint density at radius 2 is 2.25 bits per heavy atom. The summed E-state index contributed by atoms with van der Waals surface area (Å²) in [4.78, 5) is 14.5. The second-order valence-corrected chi connectivity index (χ2v) is 7.46. The number of aryl methyl sites for hydroxylation is 1. The molecule has 3 heterocycles. The fourth-order valence-electron chi connectivity index (χ4n) is 3.48. The number of nitrogens with one attached hydrogen (secondary N) is 2. The first-order valence-corrected chi connectivity index (χ1v) is 9.70. The van der Waals surface area contributed by atoms with Gasteiger partial charge in [-0.05, 0) is 37.6 Å². The minimum atomic E-state index is 0.0273.